The highest BCUT2D eigenvalue weighted by Gasteiger charge is 2.46. The smallest absolute Gasteiger partial charge is 0.234 e. The zero-order valence-electron chi connectivity index (χ0n) is 16.4. The van der Waals surface area contributed by atoms with Crippen LogP contribution in [0, 0.1) is 23.1 Å². The quantitative estimate of drug-likeness (QED) is 0.844. The van der Waals surface area contributed by atoms with Crippen molar-refractivity contribution in [2.24, 2.45) is 16.6 Å². The Hall–Kier alpha value is -2.72. The number of thiophene rings is 1. The molecule has 1 aromatic heterocycles. The van der Waals surface area contributed by atoms with E-state index in [0.29, 0.717) is 6.42 Å². The first kappa shape index (κ1) is 20.0. The summed E-state index contributed by atoms with van der Waals surface area (Å²) in [5, 5.41) is 9.15. The number of halogens is 1. The van der Waals surface area contributed by atoms with Crippen molar-refractivity contribution in [3.8, 4) is 17.2 Å². The van der Waals surface area contributed by atoms with Gasteiger partial charge in [-0.2, -0.15) is 5.26 Å². The second-order valence-corrected chi connectivity index (χ2v) is 8.22. The van der Waals surface area contributed by atoms with Crippen molar-refractivity contribution in [3.63, 3.8) is 0 Å². The fraction of sp³-hybridized carbons (Fsp3) is 0.381. The van der Waals surface area contributed by atoms with Gasteiger partial charge in [0.2, 0.25) is 5.91 Å². The highest BCUT2D eigenvalue weighted by Crippen LogP contribution is 2.45. The van der Waals surface area contributed by atoms with Crippen molar-refractivity contribution in [2.75, 3.05) is 7.05 Å². The average Bonchev–Trinajstić information content (AvgIpc) is 3.12. The van der Waals surface area contributed by atoms with Gasteiger partial charge in [0.25, 0.3) is 0 Å². The lowest BCUT2D eigenvalue weighted by atomic mass is 9.80. The van der Waals surface area contributed by atoms with Gasteiger partial charge in [0.1, 0.15) is 17.4 Å². The van der Waals surface area contributed by atoms with Gasteiger partial charge < -0.3 is 5.73 Å². The van der Waals surface area contributed by atoms with E-state index < -0.39 is 11.4 Å². The number of aliphatic imine (C=N–C) groups is 1. The first-order valence-corrected chi connectivity index (χ1v) is 10.0. The van der Waals surface area contributed by atoms with Crippen molar-refractivity contribution >= 4 is 23.2 Å². The Bertz CT molecular complexity index is 1010. The lowest BCUT2D eigenvalue weighted by Gasteiger charge is -2.39. The lowest BCUT2D eigenvalue weighted by molar-refractivity contribution is -0.134. The number of benzene rings is 1. The van der Waals surface area contributed by atoms with Crippen molar-refractivity contribution < 1.29 is 9.18 Å². The summed E-state index contributed by atoms with van der Waals surface area (Å²) in [6, 6.07) is 8.46. The summed E-state index contributed by atoms with van der Waals surface area (Å²) in [5.41, 5.74) is 7.00. The average molecular weight is 399 g/mol. The van der Waals surface area contributed by atoms with Crippen molar-refractivity contribution in [1.82, 2.24) is 4.90 Å². The van der Waals surface area contributed by atoms with Gasteiger partial charge in [-0.1, -0.05) is 19.9 Å². The van der Waals surface area contributed by atoms with Gasteiger partial charge in [-0.05, 0) is 49.1 Å². The molecule has 2 N–H and O–H groups in total. The molecule has 2 atom stereocenters. The van der Waals surface area contributed by atoms with Crippen LogP contribution < -0.4 is 5.73 Å². The SMILES string of the molecule is CCc1sc([C@@]2(C)N=C(N)N(C)C(=O)[C@H]2CC)cc1-c1ccc(F)c(C#N)c1. The van der Waals surface area contributed by atoms with Crippen LogP contribution in [-0.4, -0.2) is 23.8 Å². The Labute approximate surface area is 168 Å². The van der Waals surface area contributed by atoms with E-state index in [2.05, 4.69) is 0 Å². The van der Waals surface area contributed by atoms with Crippen LogP contribution in [0.25, 0.3) is 11.1 Å². The minimum Gasteiger partial charge on any atom is -0.369 e. The Kier molecular flexibility index (Phi) is 5.26. The molecule has 0 fully saturated rings. The first-order valence-electron chi connectivity index (χ1n) is 9.22. The second kappa shape index (κ2) is 7.36. The maximum Gasteiger partial charge on any atom is 0.234 e. The predicted octanol–water partition coefficient (Wildman–Crippen LogP) is 4.02. The molecule has 1 aliphatic heterocycles. The number of carbonyl (C=O) groups is 1. The van der Waals surface area contributed by atoms with Gasteiger partial charge in [-0.15, -0.1) is 11.3 Å². The molecule has 0 radical (unpaired) electrons. The molecule has 1 aliphatic rings. The fourth-order valence-corrected chi connectivity index (χ4v) is 5.01. The van der Waals surface area contributed by atoms with E-state index >= 15 is 0 Å². The van der Waals surface area contributed by atoms with Gasteiger partial charge in [0.05, 0.1) is 11.5 Å². The van der Waals surface area contributed by atoms with Gasteiger partial charge in [0, 0.05) is 16.8 Å². The van der Waals surface area contributed by atoms with E-state index in [9.17, 15) is 9.18 Å². The Balaban J connectivity index is 2.17. The van der Waals surface area contributed by atoms with E-state index in [-0.39, 0.29) is 23.3 Å². The largest absolute Gasteiger partial charge is 0.369 e. The van der Waals surface area contributed by atoms with Crippen LogP contribution >= 0.6 is 11.3 Å². The van der Waals surface area contributed by atoms with Crippen molar-refractivity contribution in [2.45, 2.75) is 39.2 Å². The highest BCUT2D eigenvalue weighted by molar-refractivity contribution is 7.12. The zero-order valence-corrected chi connectivity index (χ0v) is 17.2. The summed E-state index contributed by atoms with van der Waals surface area (Å²) in [6.45, 7) is 5.96. The number of aryl methyl sites for hydroxylation is 1. The van der Waals surface area contributed by atoms with Gasteiger partial charge in [0.15, 0.2) is 5.96 Å². The molecule has 0 saturated carbocycles. The second-order valence-electron chi connectivity index (χ2n) is 7.08. The summed E-state index contributed by atoms with van der Waals surface area (Å²) in [4.78, 5) is 20.9. The van der Waals surface area contributed by atoms with Crippen LogP contribution in [0.2, 0.25) is 0 Å². The minimum absolute atomic E-state index is 0.0154. The molecule has 0 unspecified atom stereocenters. The number of nitrogens with zero attached hydrogens (tertiary/aromatic N) is 3. The fourth-order valence-electron chi connectivity index (χ4n) is 3.74. The summed E-state index contributed by atoms with van der Waals surface area (Å²) < 4.78 is 13.8. The summed E-state index contributed by atoms with van der Waals surface area (Å²) in [7, 11) is 1.64. The third kappa shape index (κ3) is 3.08. The molecule has 2 heterocycles. The number of carbonyl (C=O) groups excluding carboxylic acids is 1. The topological polar surface area (TPSA) is 82.5 Å². The van der Waals surface area contributed by atoms with E-state index in [1.807, 2.05) is 32.9 Å². The molecule has 0 saturated heterocycles. The third-order valence-electron chi connectivity index (χ3n) is 5.43. The maximum absolute atomic E-state index is 13.8. The Morgan fingerprint density at radius 3 is 2.71 bits per heavy atom. The van der Waals surface area contributed by atoms with Crippen LogP contribution in [0.5, 0.6) is 0 Å². The molecular weight excluding hydrogens is 375 g/mol. The van der Waals surface area contributed by atoms with Gasteiger partial charge >= 0.3 is 0 Å². The highest BCUT2D eigenvalue weighted by atomic mass is 32.1. The number of amides is 1. The van der Waals surface area contributed by atoms with Gasteiger partial charge in [-0.3, -0.25) is 9.69 Å². The number of hydrogen-bond donors (Lipinski definition) is 1. The standard InChI is InChI=1S/C21H23FN4OS/c1-5-15-19(27)26(4)20(24)25-21(15,3)18-10-14(17(6-2)28-18)12-7-8-16(22)13(9-12)11-23/h7-10,15H,5-6H2,1-4H3,(H2,24,25)/t15-,21+/m1/s1. The maximum atomic E-state index is 13.8. The molecule has 1 aromatic carbocycles. The molecule has 0 bridgehead atoms. The number of rotatable bonds is 4. The van der Waals surface area contributed by atoms with Crippen LogP contribution in [0.4, 0.5) is 4.39 Å². The van der Waals surface area contributed by atoms with Crippen molar-refractivity contribution in [1.29, 1.82) is 5.26 Å². The number of nitriles is 1. The van der Waals surface area contributed by atoms with Crippen LogP contribution in [0.15, 0.2) is 29.3 Å². The molecule has 0 aliphatic carbocycles. The molecule has 1 amide bonds. The molecule has 28 heavy (non-hydrogen) atoms. The summed E-state index contributed by atoms with van der Waals surface area (Å²) >= 11 is 1.59. The van der Waals surface area contributed by atoms with Crippen molar-refractivity contribution in [3.05, 3.63) is 45.4 Å². The number of guanidine groups is 1. The van der Waals surface area contributed by atoms with Gasteiger partial charge in [-0.25, -0.2) is 9.38 Å². The minimum atomic E-state index is -0.757. The molecule has 0 spiro atoms. The zero-order chi connectivity index (χ0) is 20.6. The number of hydrogen-bond acceptors (Lipinski definition) is 5. The Morgan fingerprint density at radius 1 is 1.39 bits per heavy atom. The van der Waals surface area contributed by atoms with Crippen LogP contribution in [0.1, 0.15) is 42.5 Å². The molecule has 5 nitrogen and oxygen atoms in total. The molecule has 2 aromatic rings. The lowest BCUT2D eigenvalue weighted by Crippen LogP contribution is -2.53. The normalized spacial score (nSPS) is 22.1. The van der Waals surface area contributed by atoms with E-state index in [4.69, 9.17) is 16.0 Å². The summed E-state index contributed by atoms with van der Waals surface area (Å²) in [5.74, 6) is -0.683. The molecule has 146 valence electrons. The third-order valence-corrected chi connectivity index (χ3v) is 6.94. The summed E-state index contributed by atoms with van der Waals surface area (Å²) in [6.07, 6.45) is 1.42. The first-order chi connectivity index (χ1) is 13.3. The molecule has 7 heteroatoms. The van der Waals surface area contributed by atoms with E-state index in [0.717, 1.165) is 27.3 Å². The number of nitrogens with two attached hydrogens (primary N) is 1. The van der Waals surface area contributed by atoms with Crippen LogP contribution in [0.3, 0.4) is 0 Å². The van der Waals surface area contributed by atoms with E-state index in [1.165, 1.54) is 11.0 Å². The van der Waals surface area contributed by atoms with E-state index in [1.54, 1.807) is 30.5 Å². The van der Waals surface area contributed by atoms with Crippen LogP contribution in [-0.2, 0) is 16.8 Å². The molecule has 3 rings (SSSR count). The Morgan fingerprint density at radius 2 is 2.11 bits per heavy atom. The predicted molar refractivity (Wildman–Crippen MR) is 109 cm³/mol. The monoisotopic (exact) mass is 398 g/mol. The molecular formula is C21H23FN4OS.